The first-order valence-electron chi connectivity index (χ1n) is 16.3. The van der Waals surface area contributed by atoms with Crippen molar-refractivity contribution in [1.29, 1.82) is 0 Å². The van der Waals surface area contributed by atoms with Crippen LogP contribution >= 0.6 is 0 Å². The van der Waals surface area contributed by atoms with Gasteiger partial charge in [-0.2, -0.15) is 0 Å². The zero-order chi connectivity index (χ0) is 44.9. The van der Waals surface area contributed by atoms with Crippen LogP contribution in [0.3, 0.4) is 0 Å². The molecule has 0 aliphatic rings. The summed E-state index contributed by atoms with van der Waals surface area (Å²) < 4.78 is 77.5. The molecule has 4 rings (SSSR count). The van der Waals surface area contributed by atoms with Crippen LogP contribution in [0, 0.1) is 20.2 Å². The van der Waals surface area contributed by atoms with E-state index in [1.54, 1.807) is 0 Å². The second-order valence-corrected chi connectivity index (χ2v) is 14.4. The second-order valence-electron chi connectivity index (χ2n) is 11.7. The number of carbonyl (C=O) groups is 4. The van der Waals surface area contributed by atoms with E-state index >= 15 is 0 Å². The van der Waals surface area contributed by atoms with Crippen LogP contribution in [0.15, 0.2) is 103 Å². The molecule has 0 saturated carbocycles. The van der Waals surface area contributed by atoms with Crippen molar-refractivity contribution in [2.45, 2.75) is 36.5 Å². The minimum absolute atomic E-state index is 0. The van der Waals surface area contributed by atoms with E-state index in [1.807, 2.05) is 0 Å². The number of nitrogens with zero attached hydrogens (tertiary/aromatic N) is 6. The van der Waals surface area contributed by atoms with E-state index in [0.29, 0.717) is 0 Å². The molecule has 0 saturated heterocycles. The average Bonchev–Trinajstić information content (AvgIpc) is 3.15. The third-order valence-electron chi connectivity index (χ3n) is 7.19. The van der Waals surface area contributed by atoms with Crippen LogP contribution in [-0.4, -0.2) is 122 Å². The van der Waals surface area contributed by atoms with Crippen LogP contribution in [0.4, 0.5) is 45.5 Å². The zero-order valence-electron chi connectivity index (χ0n) is 32.1. The molecule has 0 aliphatic carbocycles. The molecule has 4 aromatic carbocycles. The maximum absolute atomic E-state index is 12.0. The van der Waals surface area contributed by atoms with E-state index in [1.165, 1.54) is 64.5 Å². The molecule has 0 fully saturated rings. The van der Waals surface area contributed by atoms with Crippen molar-refractivity contribution in [3.05, 3.63) is 93.0 Å². The summed E-state index contributed by atoms with van der Waals surface area (Å²) >= 11 is 0. The minimum atomic E-state index is -4.88. The van der Waals surface area contributed by atoms with Gasteiger partial charge in [-0.15, -0.1) is 20.5 Å². The molecule has 0 radical (unpaired) electrons. The Bertz CT molecular complexity index is 2480. The molecule has 61 heavy (non-hydrogen) atoms. The molecule has 0 aliphatic heterocycles. The van der Waals surface area contributed by atoms with Gasteiger partial charge in [0.15, 0.2) is 11.4 Å². The van der Waals surface area contributed by atoms with Crippen molar-refractivity contribution < 1.29 is 64.4 Å². The van der Waals surface area contributed by atoms with E-state index < -0.39 is 87.3 Å². The summed E-state index contributed by atoms with van der Waals surface area (Å²) in [5, 5.41) is 42.3. The van der Waals surface area contributed by atoms with Gasteiger partial charge in [0.2, 0.25) is 11.8 Å². The Morgan fingerprint density at radius 3 is 1.20 bits per heavy atom. The number of nitro benzene ring substituents is 2. The fourth-order valence-corrected chi connectivity index (χ4v) is 5.60. The summed E-state index contributed by atoms with van der Waals surface area (Å²) in [6.07, 6.45) is -0.799. The Balaban J connectivity index is 0.000000413. The van der Waals surface area contributed by atoms with Crippen molar-refractivity contribution >= 4 is 138 Å². The van der Waals surface area contributed by atoms with E-state index in [9.17, 15) is 65.3 Å². The molecule has 0 bridgehead atoms. The van der Waals surface area contributed by atoms with Crippen molar-refractivity contribution in [2.75, 3.05) is 24.9 Å². The Morgan fingerprint density at radius 1 is 0.590 bits per heavy atom. The van der Waals surface area contributed by atoms with E-state index in [2.05, 4.69) is 31.1 Å². The number of Topliss-reactive ketones (excluding diaryl/α,β-unsaturated/α-hetero) is 2. The zero-order valence-corrected chi connectivity index (χ0v) is 38.2. The van der Waals surface area contributed by atoms with Crippen LogP contribution in [0.5, 0.6) is 11.5 Å². The molecule has 0 unspecified atom stereocenters. The van der Waals surface area contributed by atoms with Crippen LogP contribution in [-0.2, 0) is 39.4 Å². The predicted molar refractivity (Wildman–Crippen MR) is 210 cm³/mol. The largest absolute Gasteiger partial charge is 2.00 e. The standard InChI is InChI=1S/2C17H16N4O8S.Ba/c2*1-10(22)8-16(23)18-17-12(4-3-5-15(17)29-2)19-20-13-9-11(30(26,27)28)6-7-14(13)21(24)25;/h2*3-7,9H,8H2,1-2H3,(H,18,23)(H,26,27,28);/q;;+2/p-2. The molecule has 4 aromatic rings. The number of amides is 2. The number of rotatable bonds is 16. The van der Waals surface area contributed by atoms with E-state index in [0.717, 1.165) is 36.4 Å². The van der Waals surface area contributed by atoms with E-state index in [-0.39, 0.29) is 94.7 Å². The molecule has 2 N–H and O–H groups in total. The van der Waals surface area contributed by atoms with Gasteiger partial charge in [-0.3, -0.25) is 39.4 Å². The SMILES string of the molecule is COc1cccc(N=Nc2cc(S(=O)(=O)[O-])ccc2[N+](=O)[O-])c1NC(=O)CC(C)=O.COc1cccc(N=Nc2cc(S(=O)(=O)[O-])ccc2[N+](=O)[O-])c1NC(=O)CC(C)=O.[Ba+2]. The van der Waals surface area contributed by atoms with Crippen molar-refractivity contribution in [3.8, 4) is 11.5 Å². The molecule has 0 heterocycles. The van der Waals surface area contributed by atoms with Crippen LogP contribution in [0.25, 0.3) is 0 Å². The van der Waals surface area contributed by atoms with Crippen molar-refractivity contribution in [3.63, 3.8) is 0 Å². The minimum Gasteiger partial charge on any atom is -0.744 e. The number of benzene rings is 4. The quantitative estimate of drug-likeness (QED) is 0.0359. The van der Waals surface area contributed by atoms with Gasteiger partial charge in [0.25, 0.3) is 11.4 Å². The normalized spacial score (nSPS) is 11.1. The third kappa shape index (κ3) is 15.3. The Hall–Kier alpha value is -5.85. The first-order chi connectivity index (χ1) is 28.0. The Morgan fingerprint density at radius 2 is 0.918 bits per heavy atom. The van der Waals surface area contributed by atoms with Gasteiger partial charge in [0.1, 0.15) is 66.1 Å². The van der Waals surface area contributed by atoms with Gasteiger partial charge < -0.3 is 29.2 Å². The fraction of sp³-hybridized carbons (Fsp3) is 0.176. The van der Waals surface area contributed by atoms with Crippen LogP contribution in [0.1, 0.15) is 26.7 Å². The van der Waals surface area contributed by atoms with Gasteiger partial charge in [-0.1, -0.05) is 12.1 Å². The van der Waals surface area contributed by atoms with Crippen molar-refractivity contribution in [2.24, 2.45) is 20.5 Å². The number of hydrogen-bond acceptors (Lipinski definition) is 20. The van der Waals surface area contributed by atoms with Gasteiger partial charge >= 0.3 is 48.9 Å². The Kier molecular flexibility index (Phi) is 19.1. The monoisotopic (exact) mass is 1010 g/mol. The van der Waals surface area contributed by atoms with Gasteiger partial charge in [0, 0.05) is 12.1 Å². The average molecular weight is 1010 g/mol. The molecule has 316 valence electrons. The second kappa shape index (κ2) is 22.7. The summed E-state index contributed by atoms with van der Waals surface area (Å²) in [6.45, 7) is 2.47. The summed E-state index contributed by atoms with van der Waals surface area (Å²) in [7, 11) is -7.11. The smallest absolute Gasteiger partial charge is 0.744 e. The number of nitrogens with one attached hydrogen (secondary N) is 2. The summed E-state index contributed by atoms with van der Waals surface area (Å²) in [6, 6.07) is 13.4. The first-order valence-corrected chi connectivity index (χ1v) is 19.1. The van der Waals surface area contributed by atoms with Gasteiger partial charge in [0.05, 0.1) is 46.7 Å². The van der Waals surface area contributed by atoms with E-state index in [4.69, 9.17) is 9.47 Å². The molecule has 2 amide bonds. The molecule has 0 atom stereocenters. The number of ketones is 2. The van der Waals surface area contributed by atoms with Crippen molar-refractivity contribution in [1.82, 2.24) is 0 Å². The number of anilines is 2. The maximum atomic E-state index is 12.0. The van der Waals surface area contributed by atoms with Crippen LogP contribution in [0.2, 0.25) is 0 Å². The number of nitro groups is 2. The molecule has 27 heteroatoms. The number of carbonyl (C=O) groups excluding carboxylic acids is 4. The molecule has 0 spiro atoms. The topological polar surface area (TPSA) is 361 Å². The summed E-state index contributed by atoms with van der Waals surface area (Å²) in [5.74, 6) is -1.70. The number of para-hydroxylation sites is 2. The van der Waals surface area contributed by atoms with Crippen LogP contribution < -0.4 is 20.1 Å². The van der Waals surface area contributed by atoms with Gasteiger partial charge in [-0.05, 0) is 62.4 Å². The molecule has 24 nitrogen and oxygen atoms in total. The van der Waals surface area contributed by atoms with Gasteiger partial charge in [-0.25, -0.2) is 16.8 Å². The summed E-state index contributed by atoms with van der Waals surface area (Å²) in [5.41, 5.74) is -2.03. The number of ether oxygens (including phenoxy) is 2. The number of azo groups is 2. The fourth-order valence-electron chi connectivity index (χ4n) is 4.62. The molecular weight excluding hydrogens is 978 g/mol. The number of hydrogen-bond donors (Lipinski definition) is 2. The summed E-state index contributed by atoms with van der Waals surface area (Å²) in [4.78, 5) is 65.5. The maximum Gasteiger partial charge on any atom is 2.00 e. The third-order valence-corrected chi connectivity index (χ3v) is 8.85. The predicted octanol–water partition coefficient (Wildman–Crippen LogP) is 5.30. The number of methoxy groups -OCH3 is 2. The molecule has 0 aromatic heterocycles. The Labute approximate surface area is 385 Å². The first kappa shape index (κ1) is 51.3. The molecular formula is C34H30BaN8O16S2.